The normalized spacial score (nSPS) is 14.8. The van der Waals surface area contributed by atoms with Crippen LogP contribution in [0, 0.1) is 0 Å². The highest BCUT2D eigenvalue weighted by Gasteiger charge is 2.52. The van der Waals surface area contributed by atoms with E-state index < -0.39 is 5.41 Å². The molecule has 0 N–H and O–H groups in total. The van der Waals surface area contributed by atoms with Crippen molar-refractivity contribution in [3.05, 3.63) is 282 Å². The van der Waals surface area contributed by atoms with Gasteiger partial charge in [0.1, 0.15) is 0 Å². The lowest BCUT2D eigenvalue weighted by atomic mass is 9.70. The molecule has 1 saturated carbocycles. The van der Waals surface area contributed by atoms with Gasteiger partial charge >= 0.3 is 0 Å². The van der Waals surface area contributed by atoms with Crippen LogP contribution in [0.15, 0.2) is 249 Å². The maximum atomic E-state index is 2.63. The summed E-state index contributed by atoms with van der Waals surface area (Å²) in [5, 5.41) is 7.62. The molecule has 0 amide bonds. The Hall–Kier alpha value is -8.78. The van der Waals surface area contributed by atoms with Crippen LogP contribution in [0.3, 0.4) is 0 Å². The van der Waals surface area contributed by atoms with Crippen LogP contribution in [0.1, 0.15) is 59.1 Å². The van der Waals surface area contributed by atoms with E-state index in [0.717, 1.165) is 17.1 Å². The summed E-state index contributed by atoms with van der Waals surface area (Å²) in [4.78, 5) is 2.63. The highest BCUT2D eigenvalue weighted by atomic mass is 15.1. The van der Waals surface area contributed by atoms with E-state index in [1.807, 2.05) is 0 Å². The van der Waals surface area contributed by atoms with Crippen molar-refractivity contribution in [3.63, 3.8) is 0 Å². The van der Waals surface area contributed by atoms with Crippen molar-refractivity contribution < 1.29 is 0 Å². The molecule has 2 spiro atoms. The van der Waals surface area contributed by atoms with Gasteiger partial charge in [-0.05, 0) is 165 Å². The van der Waals surface area contributed by atoms with E-state index in [1.54, 1.807) is 0 Å². The van der Waals surface area contributed by atoms with Gasteiger partial charge < -0.3 is 4.90 Å². The molecular weight excluding hydrogens is 879 g/mol. The Morgan fingerprint density at radius 1 is 0.260 bits per heavy atom. The number of rotatable bonds is 5. The lowest BCUT2D eigenvalue weighted by molar-refractivity contribution is 0.550. The Morgan fingerprint density at radius 2 is 0.685 bits per heavy atom. The van der Waals surface area contributed by atoms with Gasteiger partial charge in [0, 0.05) is 22.4 Å². The molecule has 0 bridgehead atoms. The Morgan fingerprint density at radius 3 is 1.30 bits per heavy atom. The van der Waals surface area contributed by atoms with E-state index in [1.165, 1.54) is 147 Å². The molecule has 1 fully saturated rings. The lowest BCUT2D eigenvalue weighted by Crippen LogP contribution is -2.26. The average molecular weight is 928 g/mol. The smallest absolute Gasteiger partial charge is 0.0726 e. The summed E-state index contributed by atoms with van der Waals surface area (Å²) in [6.07, 6.45) is 4.92. The molecule has 0 aliphatic heterocycles. The predicted octanol–water partition coefficient (Wildman–Crippen LogP) is 19.1. The molecular formula is C72H49N. The van der Waals surface area contributed by atoms with E-state index in [0.29, 0.717) is 0 Å². The van der Waals surface area contributed by atoms with Crippen LogP contribution in [-0.4, -0.2) is 0 Å². The Kier molecular flexibility index (Phi) is 8.61. The second kappa shape index (κ2) is 15.4. The molecule has 342 valence electrons. The minimum atomic E-state index is -0.527. The molecule has 0 unspecified atom stereocenters. The van der Waals surface area contributed by atoms with E-state index in [9.17, 15) is 0 Å². The molecule has 0 radical (unpaired) electrons. The second-order valence-corrected chi connectivity index (χ2v) is 20.9. The van der Waals surface area contributed by atoms with E-state index >= 15 is 0 Å². The highest BCUT2D eigenvalue weighted by Crippen LogP contribution is 2.65. The fourth-order valence-electron chi connectivity index (χ4n) is 14.7. The number of hydrogen-bond donors (Lipinski definition) is 0. The quantitative estimate of drug-likeness (QED) is 0.156. The van der Waals surface area contributed by atoms with Gasteiger partial charge in [-0.3, -0.25) is 0 Å². The fraction of sp³-hybridized carbons (Fsp3) is 0.0833. The lowest BCUT2D eigenvalue weighted by Gasteiger charge is -2.34. The summed E-state index contributed by atoms with van der Waals surface area (Å²) in [6, 6.07) is 94.9. The van der Waals surface area contributed by atoms with Crippen molar-refractivity contribution in [2.24, 2.45) is 0 Å². The molecule has 4 aliphatic rings. The molecule has 0 aromatic heterocycles. The zero-order valence-corrected chi connectivity index (χ0v) is 40.4. The third-order valence-electron chi connectivity index (χ3n) is 17.6. The summed E-state index contributed by atoms with van der Waals surface area (Å²) in [5.74, 6) is 0. The first-order valence-corrected chi connectivity index (χ1v) is 26.2. The van der Waals surface area contributed by atoms with Crippen LogP contribution in [0.5, 0.6) is 0 Å². The third kappa shape index (κ3) is 5.52. The molecule has 12 aromatic carbocycles. The van der Waals surface area contributed by atoms with Crippen LogP contribution in [-0.2, 0) is 10.8 Å². The largest absolute Gasteiger partial charge is 0.310 e. The maximum Gasteiger partial charge on any atom is 0.0726 e. The summed E-state index contributed by atoms with van der Waals surface area (Å²) in [6.45, 7) is 0. The van der Waals surface area contributed by atoms with Gasteiger partial charge in [-0.15, -0.1) is 0 Å². The van der Waals surface area contributed by atoms with Gasteiger partial charge in [-0.2, -0.15) is 0 Å². The van der Waals surface area contributed by atoms with Crippen molar-refractivity contribution in [2.75, 3.05) is 4.90 Å². The van der Waals surface area contributed by atoms with Crippen LogP contribution in [0.2, 0.25) is 0 Å². The molecule has 0 atom stereocenters. The number of anilines is 3. The zero-order chi connectivity index (χ0) is 47.8. The number of nitrogens with zero attached hydrogens (tertiary/aromatic N) is 1. The predicted molar refractivity (Wildman–Crippen MR) is 305 cm³/mol. The van der Waals surface area contributed by atoms with E-state index in [2.05, 4.69) is 254 Å². The number of fused-ring (bicyclic) bond motifs is 21. The number of benzene rings is 12. The standard InChI is InChI=1S/C72H49N/c1-2-20-46(21-3-1)49-22-4-5-23-50(49)63-44-62-59-31-13-17-35-68(59)72(66-33-15-11-28-56(66)57-29-12-16-34-67(57)72)69(62)45-70(63)73(48-37-39-65-61(43-48)58-30-10-14-32-64(58)71(65)40-18-19-41-71)47-36-38-55-53-26-7-6-24-51(53)52-25-8-9-27-54(52)60(55)42-47/h1-17,20-39,42-45H,18-19,40-41H2. The zero-order valence-electron chi connectivity index (χ0n) is 40.4. The van der Waals surface area contributed by atoms with Crippen molar-refractivity contribution in [2.45, 2.75) is 36.5 Å². The van der Waals surface area contributed by atoms with Crippen LogP contribution >= 0.6 is 0 Å². The molecule has 73 heavy (non-hydrogen) atoms. The van der Waals surface area contributed by atoms with Gasteiger partial charge in [0.05, 0.1) is 11.1 Å². The third-order valence-corrected chi connectivity index (χ3v) is 17.6. The first-order chi connectivity index (χ1) is 36.2. The molecule has 4 aliphatic carbocycles. The van der Waals surface area contributed by atoms with Gasteiger partial charge in [0.15, 0.2) is 0 Å². The molecule has 0 heterocycles. The van der Waals surface area contributed by atoms with Crippen molar-refractivity contribution >= 4 is 49.4 Å². The topological polar surface area (TPSA) is 3.24 Å². The minimum Gasteiger partial charge on any atom is -0.310 e. The molecule has 1 nitrogen and oxygen atoms in total. The summed E-state index contributed by atoms with van der Waals surface area (Å²) in [5.41, 5.74) is 24.1. The Bertz CT molecular complexity index is 4200. The number of hydrogen-bond acceptors (Lipinski definition) is 1. The maximum absolute atomic E-state index is 2.63. The van der Waals surface area contributed by atoms with Crippen molar-refractivity contribution in [1.29, 1.82) is 0 Å². The molecule has 1 heteroatoms. The van der Waals surface area contributed by atoms with Crippen LogP contribution < -0.4 is 4.90 Å². The monoisotopic (exact) mass is 927 g/mol. The highest BCUT2D eigenvalue weighted by molar-refractivity contribution is 6.26. The van der Waals surface area contributed by atoms with Crippen molar-refractivity contribution in [1.82, 2.24) is 0 Å². The average Bonchev–Trinajstić information content (AvgIpc) is 4.22. The van der Waals surface area contributed by atoms with Gasteiger partial charge in [0.2, 0.25) is 0 Å². The van der Waals surface area contributed by atoms with E-state index in [-0.39, 0.29) is 5.41 Å². The van der Waals surface area contributed by atoms with Crippen molar-refractivity contribution in [3.8, 4) is 55.6 Å². The van der Waals surface area contributed by atoms with E-state index in [4.69, 9.17) is 0 Å². The van der Waals surface area contributed by atoms with Gasteiger partial charge in [-0.25, -0.2) is 0 Å². The summed E-state index contributed by atoms with van der Waals surface area (Å²) < 4.78 is 0. The molecule has 12 aromatic rings. The Balaban J connectivity index is 1.06. The van der Waals surface area contributed by atoms with Gasteiger partial charge in [0.25, 0.3) is 0 Å². The fourth-order valence-corrected chi connectivity index (χ4v) is 14.7. The van der Waals surface area contributed by atoms with Gasteiger partial charge in [-0.1, -0.05) is 225 Å². The molecule has 0 saturated heterocycles. The Labute approximate surface area is 426 Å². The van der Waals surface area contributed by atoms with Crippen LogP contribution in [0.4, 0.5) is 17.1 Å². The first kappa shape index (κ1) is 40.9. The summed E-state index contributed by atoms with van der Waals surface area (Å²) in [7, 11) is 0. The molecule has 16 rings (SSSR count). The second-order valence-electron chi connectivity index (χ2n) is 20.9. The summed E-state index contributed by atoms with van der Waals surface area (Å²) >= 11 is 0. The first-order valence-electron chi connectivity index (χ1n) is 26.2. The minimum absolute atomic E-state index is 0.0625. The SMILES string of the molecule is c1ccc(-c2ccccc2-c2cc3c(cc2N(c2ccc4c(c2)-c2ccccc2C42CCCC2)c2ccc4c5ccccc5c5ccccc5c4c2)C2(c4ccccc4-c4ccccc42)c2ccccc2-3)cc1. The van der Waals surface area contributed by atoms with Crippen LogP contribution in [0.25, 0.3) is 88.0 Å².